The molecule has 0 spiro atoms. The third kappa shape index (κ3) is 5.75. The summed E-state index contributed by atoms with van der Waals surface area (Å²) in [6.45, 7) is 2.92. The van der Waals surface area contributed by atoms with Crippen molar-refractivity contribution >= 4 is 17.7 Å². The van der Waals surface area contributed by atoms with Gasteiger partial charge in [-0.25, -0.2) is 0 Å². The van der Waals surface area contributed by atoms with E-state index in [1.807, 2.05) is 24.3 Å². The Kier molecular flexibility index (Phi) is 6.74. The molecule has 0 fully saturated rings. The molecule has 1 amide bonds. The summed E-state index contributed by atoms with van der Waals surface area (Å²) in [5.41, 5.74) is 0.891. The van der Waals surface area contributed by atoms with E-state index in [0.717, 1.165) is 29.8 Å². The van der Waals surface area contributed by atoms with Crippen LogP contribution in [0, 0.1) is 0 Å². The Morgan fingerprint density at radius 3 is 2.65 bits per heavy atom. The van der Waals surface area contributed by atoms with Gasteiger partial charge in [0.15, 0.2) is 0 Å². The van der Waals surface area contributed by atoms with Crippen molar-refractivity contribution in [1.82, 2.24) is 5.32 Å². The third-order valence-corrected chi connectivity index (χ3v) is 3.34. The quantitative estimate of drug-likeness (QED) is 0.578. The van der Waals surface area contributed by atoms with Crippen molar-refractivity contribution in [3.05, 3.63) is 29.8 Å². The molecule has 17 heavy (non-hydrogen) atoms. The van der Waals surface area contributed by atoms with E-state index in [2.05, 4.69) is 12.2 Å². The molecule has 0 aliphatic heterocycles. The zero-order valence-electron chi connectivity index (χ0n) is 10.1. The topological polar surface area (TPSA) is 49.3 Å². The molecule has 0 aromatic heterocycles. The average molecular weight is 253 g/mol. The van der Waals surface area contributed by atoms with Crippen molar-refractivity contribution in [1.29, 1.82) is 0 Å². The van der Waals surface area contributed by atoms with E-state index in [1.54, 1.807) is 0 Å². The maximum atomic E-state index is 11.4. The van der Waals surface area contributed by atoms with Crippen LogP contribution in [-0.4, -0.2) is 23.3 Å². The number of nitrogens with one attached hydrogen (secondary N) is 1. The molecule has 0 radical (unpaired) electrons. The SMILES string of the molecule is CCCCNC(=O)CSc1ccc(CO)cc1. The zero-order chi connectivity index (χ0) is 12.5. The molecular formula is C13H19NO2S. The maximum absolute atomic E-state index is 11.4. The predicted octanol–water partition coefficient (Wildman–Crippen LogP) is 2.19. The van der Waals surface area contributed by atoms with E-state index < -0.39 is 0 Å². The van der Waals surface area contributed by atoms with E-state index in [1.165, 1.54) is 11.8 Å². The number of carbonyl (C=O) groups excluding carboxylic acids is 1. The van der Waals surface area contributed by atoms with Crippen LogP contribution in [0.5, 0.6) is 0 Å². The number of aliphatic hydroxyl groups excluding tert-OH is 1. The van der Waals surface area contributed by atoms with Crippen LogP contribution in [0.3, 0.4) is 0 Å². The highest BCUT2D eigenvalue weighted by atomic mass is 32.2. The molecule has 4 heteroatoms. The molecule has 3 nitrogen and oxygen atoms in total. The summed E-state index contributed by atoms with van der Waals surface area (Å²) in [4.78, 5) is 12.5. The average Bonchev–Trinajstić information content (AvgIpc) is 2.37. The molecule has 1 rings (SSSR count). The van der Waals surface area contributed by atoms with Gasteiger partial charge in [0.25, 0.3) is 0 Å². The molecule has 0 heterocycles. The highest BCUT2D eigenvalue weighted by Gasteiger charge is 2.01. The summed E-state index contributed by atoms with van der Waals surface area (Å²) in [6, 6.07) is 7.60. The summed E-state index contributed by atoms with van der Waals surface area (Å²) in [6.07, 6.45) is 2.12. The Labute approximate surface area is 107 Å². The predicted molar refractivity (Wildman–Crippen MR) is 71.0 cm³/mol. The number of thioether (sulfide) groups is 1. The molecule has 1 aromatic carbocycles. The van der Waals surface area contributed by atoms with Crippen molar-refractivity contribution in [2.75, 3.05) is 12.3 Å². The fourth-order valence-corrected chi connectivity index (χ4v) is 2.02. The Morgan fingerprint density at radius 1 is 1.35 bits per heavy atom. The number of amides is 1. The number of hydrogen-bond donors (Lipinski definition) is 2. The van der Waals surface area contributed by atoms with Gasteiger partial charge < -0.3 is 10.4 Å². The highest BCUT2D eigenvalue weighted by molar-refractivity contribution is 8.00. The van der Waals surface area contributed by atoms with E-state index in [4.69, 9.17) is 5.11 Å². The van der Waals surface area contributed by atoms with Gasteiger partial charge in [0.2, 0.25) is 5.91 Å². The van der Waals surface area contributed by atoms with Gasteiger partial charge in [-0.3, -0.25) is 4.79 Å². The van der Waals surface area contributed by atoms with Crippen LogP contribution in [0.2, 0.25) is 0 Å². The minimum atomic E-state index is 0.0580. The fourth-order valence-electron chi connectivity index (χ4n) is 1.30. The van der Waals surface area contributed by atoms with Crippen molar-refractivity contribution in [3.63, 3.8) is 0 Å². The third-order valence-electron chi connectivity index (χ3n) is 2.33. The van der Waals surface area contributed by atoms with Crippen molar-refractivity contribution in [2.45, 2.75) is 31.3 Å². The smallest absolute Gasteiger partial charge is 0.230 e. The Balaban J connectivity index is 2.27. The highest BCUT2D eigenvalue weighted by Crippen LogP contribution is 2.18. The Morgan fingerprint density at radius 2 is 2.06 bits per heavy atom. The lowest BCUT2D eigenvalue weighted by Crippen LogP contribution is -2.25. The van der Waals surface area contributed by atoms with Crippen LogP contribution in [0.4, 0.5) is 0 Å². The summed E-state index contributed by atoms with van der Waals surface area (Å²) < 4.78 is 0. The molecule has 0 saturated carbocycles. The van der Waals surface area contributed by atoms with Crippen LogP contribution < -0.4 is 5.32 Å². The summed E-state index contributed by atoms with van der Waals surface area (Å²) in [7, 11) is 0. The van der Waals surface area contributed by atoms with Gasteiger partial charge in [-0.05, 0) is 24.1 Å². The van der Waals surface area contributed by atoms with Crippen LogP contribution >= 0.6 is 11.8 Å². The molecule has 1 aromatic rings. The first kappa shape index (κ1) is 14.1. The van der Waals surface area contributed by atoms with Crippen molar-refractivity contribution < 1.29 is 9.90 Å². The van der Waals surface area contributed by atoms with Gasteiger partial charge in [-0.2, -0.15) is 0 Å². The number of benzene rings is 1. The van der Waals surface area contributed by atoms with Gasteiger partial charge in [0, 0.05) is 11.4 Å². The monoisotopic (exact) mass is 253 g/mol. The lowest BCUT2D eigenvalue weighted by atomic mass is 10.2. The van der Waals surface area contributed by atoms with Gasteiger partial charge >= 0.3 is 0 Å². The first-order valence-corrected chi connectivity index (χ1v) is 6.84. The van der Waals surface area contributed by atoms with Crippen LogP contribution in [0.1, 0.15) is 25.3 Å². The molecule has 0 unspecified atom stereocenters. The number of unbranched alkanes of at least 4 members (excludes halogenated alkanes) is 1. The number of rotatable bonds is 7. The zero-order valence-corrected chi connectivity index (χ0v) is 10.9. The normalized spacial score (nSPS) is 10.2. The van der Waals surface area contributed by atoms with E-state index in [-0.39, 0.29) is 12.5 Å². The molecular weight excluding hydrogens is 234 g/mol. The van der Waals surface area contributed by atoms with Gasteiger partial charge in [-0.1, -0.05) is 25.5 Å². The molecule has 2 N–H and O–H groups in total. The minimum absolute atomic E-state index is 0.0580. The lowest BCUT2D eigenvalue weighted by molar-refractivity contribution is -0.118. The standard InChI is InChI=1S/C13H19NO2S/c1-2-3-8-14-13(16)10-17-12-6-4-11(9-15)5-7-12/h4-7,15H,2-3,8-10H2,1H3,(H,14,16). The molecule has 0 aliphatic carbocycles. The maximum Gasteiger partial charge on any atom is 0.230 e. The Bertz CT molecular complexity index is 338. The van der Waals surface area contributed by atoms with E-state index in [0.29, 0.717) is 5.75 Å². The fraction of sp³-hybridized carbons (Fsp3) is 0.462. The van der Waals surface area contributed by atoms with Crippen molar-refractivity contribution in [2.24, 2.45) is 0 Å². The number of carbonyl (C=O) groups is 1. The second-order valence-electron chi connectivity index (χ2n) is 3.79. The molecule has 0 atom stereocenters. The number of aliphatic hydroxyl groups is 1. The summed E-state index contributed by atoms with van der Waals surface area (Å²) >= 11 is 1.51. The minimum Gasteiger partial charge on any atom is -0.392 e. The van der Waals surface area contributed by atoms with Crippen LogP contribution in [0.15, 0.2) is 29.2 Å². The van der Waals surface area contributed by atoms with Crippen LogP contribution in [-0.2, 0) is 11.4 Å². The number of hydrogen-bond acceptors (Lipinski definition) is 3. The first-order valence-electron chi connectivity index (χ1n) is 5.85. The second-order valence-corrected chi connectivity index (χ2v) is 4.84. The molecule has 94 valence electrons. The van der Waals surface area contributed by atoms with Gasteiger partial charge in [0.1, 0.15) is 0 Å². The van der Waals surface area contributed by atoms with E-state index in [9.17, 15) is 4.79 Å². The van der Waals surface area contributed by atoms with Gasteiger partial charge in [-0.15, -0.1) is 11.8 Å². The Hall–Kier alpha value is -1.00. The largest absolute Gasteiger partial charge is 0.392 e. The van der Waals surface area contributed by atoms with E-state index >= 15 is 0 Å². The van der Waals surface area contributed by atoms with Gasteiger partial charge in [0.05, 0.1) is 12.4 Å². The molecule has 0 aliphatic rings. The van der Waals surface area contributed by atoms with Crippen molar-refractivity contribution in [3.8, 4) is 0 Å². The summed E-state index contributed by atoms with van der Waals surface area (Å²) in [5, 5.41) is 11.8. The first-order chi connectivity index (χ1) is 8.26. The lowest BCUT2D eigenvalue weighted by Gasteiger charge is -2.04. The second kappa shape index (κ2) is 8.14. The molecule has 0 bridgehead atoms. The van der Waals surface area contributed by atoms with Crippen LogP contribution in [0.25, 0.3) is 0 Å². The summed E-state index contributed by atoms with van der Waals surface area (Å²) in [5.74, 6) is 0.525. The molecule has 0 saturated heterocycles.